The Bertz CT molecular complexity index is 928. The molecule has 6 nitrogen and oxygen atoms in total. The minimum atomic E-state index is -0.202. The van der Waals surface area contributed by atoms with Crippen molar-refractivity contribution in [2.75, 3.05) is 57.4 Å². The molecule has 3 heterocycles. The molecule has 1 amide bonds. The van der Waals surface area contributed by atoms with E-state index in [9.17, 15) is 9.18 Å². The van der Waals surface area contributed by atoms with E-state index in [0.29, 0.717) is 36.3 Å². The van der Waals surface area contributed by atoms with E-state index in [2.05, 4.69) is 9.80 Å². The number of anilines is 1. The molecular formula is C24H28FN3O3. The van der Waals surface area contributed by atoms with Gasteiger partial charge in [0, 0.05) is 56.6 Å². The summed E-state index contributed by atoms with van der Waals surface area (Å²) in [5.74, 6) is 1.22. The molecule has 0 N–H and O–H groups in total. The van der Waals surface area contributed by atoms with Crippen LogP contribution in [0.1, 0.15) is 23.2 Å². The Morgan fingerprint density at radius 2 is 1.65 bits per heavy atom. The number of piperazine rings is 1. The van der Waals surface area contributed by atoms with Crippen LogP contribution in [0.2, 0.25) is 0 Å². The van der Waals surface area contributed by atoms with Crippen molar-refractivity contribution in [2.24, 2.45) is 0 Å². The Morgan fingerprint density at radius 1 is 0.903 bits per heavy atom. The van der Waals surface area contributed by atoms with Crippen LogP contribution in [0.4, 0.5) is 10.1 Å². The number of amides is 1. The number of nitrogens with zero attached hydrogens (tertiary/aromatic N) is 3. The van der Waals surface area contributed by atoms with Crippen LogP contribution >= 0.6 is 0 Å². The number of hydrogen-bond donors (Lipinski definition) is 0. The van der Waals surface area contributed by atoms with Gasteiger partial charge in [0.25, 0.3) is 5.91 Å². The first-order valence-corrected chi connectivity index (χ1v) is 11.1. The zero-order valence-electron chi connectivity index (χ0n) is 17.6. The summed E-state index contributed by atoms with van der Waals surface area (Å²) in [6, 6.07) is 12.6. The number of rotatable bonds is 3. The summed E-state index contributed by atoms with van der Waals surface area (Å²) < 4.78 is 24.4. The first kappa shape index (κ1) is 20.1. The summed E-state index contributed by atoms with van der Waals surface area (Å²) in [7, 11) is 0. The van der Waals surface area contributed by atoms with E-state index in [0.717, 1.165) is 57.8 Å². The maximum absolute atomic E-state index is 13.2. The molecule has 3 aliphatic rings. The second-order valence-electron chi connectivity index (χ2n) is 8.41. The minimum absolute atomic E-state index is 0.0617. The Hall–Kier alpha value is -2.80. The summed E-state index contributed by atoms with van der Waals surface area (Å²) in [6.45, 7) is 6.34. The maximum Gasteiger partial charge on any atom is 0.254 e. The molecule has 0 bridgehead atoms. The summed E-state index contributed by atoms with van der Waals surface area (Å²) in [6.07, 6.45) is 2.13. The average molecular weight is 426 g/mol. The third kappa shape index (κ3) is 4.32. The van der Waals surface area contributed by atoms with Gasteiger partial charge in [0.15, 0.2) is 11.5 Å². The highest BCUT2D eigenvalue weighted by atomic mass is 19.1. The molecule has 3 aliphatic heterocycles. The molecule has 2 saturated heterocycles. The van der Waals surface area contributed by atoms with E-state index in [-0.39, 0.29) is 11.7 Å². The normalized spacial score (nSPS) is 21.8. The van der Waals surface area contributed by atoms with Crippen LogP contribution in [-0.2, 0) is 0 Å². The molecule has 7 heteroatoms. The van der Waals surface area contributed by atoms with Gasteiger partial charge < -0.3 is 19.3 Å². The van der Waals surface area contributed by atoms with E-state index in [1.54, 1.807) is 0 Å². The van der Waals surface area contributed by atoms with E-state index >= 15 is 0 Å². The van der Waals surface area contributed by atoms with Crippen LogP contribution in [-0.4, -0.2) is 74.2 Å². The highest BCUT2D eigenvalue weighted by Gasteiger charge is 2.31. The third-order valence-corrected chi connectivity index (χ3v) is 6.50. The molecule has 164 valence electrons. The SMILES string of the molecule is O=C(c1ccc2c(c1)OCCO2)N1CCCC(N2CCN(c3ccc(F)cc3)CC2)C1. The monoisotopic (exact) mass is 425 g/mol. The van der Waals surface area contributed by atoms with Gasteiger partial charge in [-0.15, -0.1) is 0 Å². The Kier molecular flexibility index (Phi) is 5.68. The number of halogens is 1. The molecule has 0 radical (unpaired) electrons. The number of benzene rings is 2. The first-order chi connectivity index (χ1) is 15.2. The van der Waals surface area contributed by atoms with Crippen molar-refractivity contribution < 1.29 is 18.7 Å². The van der Waals surface area contributed by atoms with Crippen LogP contribution in [0.5, 0.6) is 11.5 Å². The second-order valence-corrected chi connectivity index (χ2v) is 8.41. The van der Waals surface area contributed by atoms with Gasteiger partial charge in [-0.1, -0.05) is 0 Å². The van der Waals surface area contributed by atoms with Gasteiger partial charge in [-0.2, -0.15) is 0 Å². The lowest BCUT2D eigenvalue weighted by atomic mass is 10.0. The third-order valence-electron chi connectivity index (χ3n) is 6.50. The van der Waals surface area contributed by atoms with Crippen LogP contribution < -0.4 is 14.4 Å². The maximum atomic E-state index is 13.2. The molecule has 1 atom stereocenters. The van der Waals surface area contributed by atoms with Crippen molar-refractivity contribution in [3.05, 3.63) is 53.8 Å². The van der Waals surface area contributed by atoms with Crippen LogP contribution in [0.3, 0.4) is 0 Å². The highest BCUT2D eigenvalue weighted by Crippen LogP contribution is 2.31. The molecule has 0 saturated carbocycles. The summed E-state index contributed by atoms with van der Waals surface area (Å²) in [5.41, 5.74) is 1.73. The fraction of sp³-hybridized carbons (Fsp3) is 0.458. The van der Waals surface area contributed by atoms with Crippen LogP contribution in [0.25, 0.3) is 0 Å². The average Bonchev–Trinajstić information content (AvgIpc) is 2.84. The fourth-order valence-corrected chi connectivity index (χ4v) is 4.79. The largest absolute Gasteiger partial charge is 0.486 e. The lowest BCUT2D eigenvalue weighted by Crippen LogP contribution is -2.55. The summed E-state index contributed by atoms with van der Waals surface area (Å²) >= 11 is 0. The Labute approximate surface area is 182 Å². The minimum Gasteiger partial charge on any atom is -0.486 e. The van der Waals surface area contributed by atoms with Gasteiger partial charge >= 0.3 is 0 Å². The van der Waals surface area contributed by atoms with E-state index < -0.39 is 0 Å². The molecule has 5 rings (SSSR count). The van der Waals surface area contributed by atoms with E-state index in [1.807, 2.05) is 35.2 Å². The molecule has 0 aliphatic carbocycles. The van der Waals surface area contributed by atoms with Crippen molar-refractivity contribution >= 4 is 11.6 Å². The number of carbonyl (C=O) groups excluding carboxylic acids is 1. The Balaban J connectivity index is 1.20. The zero-order valence-corrected chi connectivity index (χ0v) is 17.6. The number of hydrogen-bond acceptors (Lipinski definition) is 5. The topological polar surface area (TPSA) is 45.3 Å². The van der Waals surface area contributed by atoms with Crippen molar-refractivity contribution in [2.45, 2.75) is 18.9 Å². The van der Waals surface area contributed by atoms with Gasteiger partial charge in [0.05, 0.1) is 0 Å². The number of piperidine rings is 1. The predicted octanol–water partition coefficient (Wildman–Crippen LogP) is 3.02. The molecule has 2 aromatic rings. The number of ether oxygens (including phenoxy) is 2. The van der Waals surface area contributed by atoms with Crippen molar-refractivity contribution in [3.63, 3.8) is 0 Å². The quantitative estimate of drug-likeness (QED) is 0.757. The van der Waals surface area contributed by atoms with Gasteiger partial charge in [-0.05, 0) is 55.3 Å². The highest BCUT2D eigenvalue weighted by molar-refractivity contribution is 5.95. The molecule has 1 unspecified atom stereocenters. The molecule has 0 aromatic heterocycles. The molecular weight excluding hydrogens is 397 g/mol. The van der Waals surface area contributed by atoms with Crippen molar-refractivity contribution in [3.8, 4) is 11.5 Å². The summed E-state index contributed by atoms with van der Waals surface area (Å²) in [4.78, 5) is 19.9. The van der Waals surface area contributed by atoms with Gasteiger partial charge in [0.1, 0.15) is 19.0 Å². The van der Waals surface area contributed by atoms with Crippen LogP contribution in [0, 0.1) is 5.82 Å². The van der Waals surface area contributed by atoms with E-state index in [1.165, 1.54) is 12.1 Å². The molecule has 31 heavy (non-hydrogen) atoms. The lowest BCUT2D eigenvalue weighted by Gasteiger charge is -2.44. The summed E-state index contributed by atoms with van der Waals surface area (Å²) in [5, 5.41) is 0. The number of likely N-dealkylation sites (tertiary alicyclic amines) is 1. The van der Waals surface area contributed by atoms with E-state index in [4.69, 9.17) is 9.47 Å². The molecule has 2 fully saturated rings. The van der Waals surface area contributed by atoms with Crippen LogP contribution in [0.15, 0.2) is 42.5 Å². The molecule has 0 spiro atoms. The predicted molar refractivity (Wildman–Crippen MR) is 117 cm³/mol. The smallest absolute Gasteiger partial charge is 0.254 e. The van der Waals surface area contributed by atoms with Gasteiger partial charge in [-0.25, -0.2) is 4.39 Å². The van der Waals surface area contributed by atoms with Gasteiger partial charge in [-0.3, -0.25) is 9.69 Å². The Morgan fingerprint density at radius 3 is 2.42 bits per heavy atom. The standard InChI is InChI=1S/C24H28FN3O3/c25-19-4-6-20(7-5-19)26-10-12-27(13-11-26)21-2-1-9-28(17-21)24(29)18-3-8-22-23(16-18)31-15-14-30-22/h3-8,16,21H,1-2,9-15,17H2. The lowest BCUT2D eigenvalue weighted by molar-refractivity contribution is 0.0562. The second kappa shape index (κ2) is 8.75. The van der Waals surface area contributed by atoms with Gasteiger partial charge in [0.2, 0.25) is 0 Å². The number of carbonyl (C=O) groups is 1. The fourth-order valence-electron chi connectivity index (χ4n) is 4.79. The molecule has 2 aromatic carbocycles. The first-order valence-electron chi connectivity index (χ1n) is 11.1. The van der Waals surface area contributed by atoms with Crippen molar-refractivity contribution in [1.29, 1.82) is 0 Å². The van der Waals surface area contributed by atoms with Crippen molar-refractivity contribution in [1.82, 2.24) is 9.80 Å². The zero-order chi connectivity index (χ0) is 21.2. The number of fused-ring (bicyclic) bond motifs is 1.